The molecule has 0 saturated heterocycles. The first-order valence-corrected chi connectivity index (χ1v) is 8.70. The van der Waals surface area contributed by atoms with Crippen molar-refractivity contribution in [1.82, 2.24) is 10.2 Å². The van der Waals surface area contributed by atoms with Crippen molar-refractivity contribution < 1.29 is 19.1 Å². The van der Waals surface area contributed by atoms with Gasteiger partial charge in [0.05, 0.1) is 5.92 Å². The number of rotatable bonds is 8. The Hall–Kier alpha value is -1.59. The predicted molar refractivity (Wildman–Crippen MR) is 94.3 cm³/mol. The van der Waals surface area contributed by atoms with E-state index in [0.29, 0.717) is 13.0 Å². The molecular weight excluding hydrogens is 308 g/mol. The predicted octanol–water partition coefficient (Wildman–Crippen LogP) is 2.36. The van der Waals surface area contributed by atoms with Crippen LogP contribution in [-0.2, 0) is 19.1 Å². The third-order valence-corrected chi connectivity index (χ3v) is 3.76. The highest BCUT2D eigenvalue weighted by molar-refractivity contribution is 5.89. The summed E-state index contributed by atoms with van der Waals surface area (Å²) in [6, 6.07) is -0.585. The first kappa shape index (κ1) is 22.4. The molecule has 0 spiro atoms. The molecule has 0 heterocycles. The van der Waals surface area contributed by atoms with E-state index in [0.717, 1.165) is 0 Å². The molecule has 0 aromatic rings. The molecule has 1 unspecified atom stereocenters. The SMILES string of the molecule is CCC(CC(=O)N[C@H](C(=O)N(C)CC)C(C)C)C(=O)OC(C)(C)C. The summed E-state index contributed by atoms with van der Waals surface area (Å²) in [5, 5.41) is 2.78. The average molecular weight is 342 g/mol. The van der Waals surface area contributed by atoms with Gasteiger partial charge in [0.1, 0.15) is 11.6 Å². The maximum atomic E-state index is 12.3. The lowest BCUT2D eigenvalue weighted by molar-refractivity contribution is -0.161. The molecule has 0 saturated carbocycles. The van der Waals surface area contributed by atoms with E-state index in [4.69, 9.17) is 4.74 Å². The van der Waals surface area contributed by atoms with Crippen molar-refractivity contribution in [3.63, 3.8) is 0 Å². The van der Waals surface area contributed by atoms with Crippen LogP contribution in [0.25, 0.3) is 0 Å². The van der Waals surface area contributed by atoms with Gasteiger partial charge in [0.2, 0.25) is 11.8 Å². The standard InChI is InChI=1S/C18H34N2O4/c1-9-13(17(23)24-18(5,6)7)11-14(21)19-15(12(3)4)16(22)20(8)10-2/h12-13,15H,9-11H2,1-8H3,(H,19,21)/t13?,15-/m0/s1. The molecule has 0 aromatic heterocycles. The van der Waals surface area contributed by atoms with E-state index in [1.54, 1.807) is 32.7 Å². The third kappa shape index (κ3) is 7.79. The maximum Gasteiger partial charge on any atom is 0.309 e. The Morgan fingerprint density at radius 1 is 1.12 bits per heavy atom. The Morgan fingerprint density at radius 2 is 1.67 bits per heavy atom. The third-order valence-electron chi connectivity index (χ3n) is 3.76. The van der Waals surface area contributed by atoms with E-state index >= 15 is 0 Å². The second-order valence-electron chi connectivity index (χ2n) is 7.48. The number of ether oxygens (including phenoxy) is 1. The molecule has 24 heavy (non-hydrogen) atoms. The average Bonchev–Trinajstić information content (AvgIpc) is 2.46. The second kappa shape index (κ2) is 9.64. The molecule has 0 aromatic carbocycles. The monoisotopic (exact) mass is 342 g/mol. The Morgan fingerprint density at radius 3 is 2.04 bits per heavy atom. The molecule has 2 amide bonds. The van der Waals surface area contributed by atoms with Crippen molar-refractivity contribution in [3.8, 4) is 0 Å². The normalized spacial score (nSPS) is 14.0. The fourth-order valence-corrected chi connectivity index (χ4v) is 2.14. The van der Waals surface area contributed by atoms with Gasteiger partial charge in [-0.2, -0.15) is 0 Å². The molecule has 6 heteroatoms. The Kier molecular flexibility index (Phi) is 9.01. The summed E-state index contributed by atoms with van der Waals surface area (Å²) in [4.78, 5) is 38.4. The zero-order valence-electron chi connectivity index (χ0n) is 16.4. The summed E-state index contributed by atoms with van der Waals surface area (Å²) in [7, 11) is 1.71. The summed E-state index contributed by atoms with van der Waals surface area (Å²) < 4.78 is 5.35. The van der Waals surface area contributed by atoms with Crippen LogP contribution in [0.2, 0.25) is 0 Å². The van der Waals surface area contributed by atoms with Crippen molar-refractivity contribution in [2.24, 2.45) is 11.8 Å². The number of hydrogen-bond donors (Lipinski definition) is 1. The van der Waals surface area contributed by atoms with Crippen molar-refractivity contribution in [2.75, 3.05) is 13.6 Å². The molecule has 0 fully saturated rings. The largest absolute Gasteiger partial charge is 0.460 e. The topological polar surface area (TPSA) is 75.7 Å². The van der Waals surface area contributed by atoms with E-state index in [1.807, 2.05) is 27.7 Å². The lowest BCUT2D eigenvalue weighted by Gasteiger charge is -2.27. The van der Waals surface area contributed by atoms with E-state index < -0.39 is 17.6 Å². The zero-order chi connectivity index (χ0) is 19.1. The minimum absolute atomic E-state index is 0.0255. The van der Waals surface area contributed by atoms with Crippen LogP contribution in [-0.4, -0.2) is 47.9 Å². The first-order valence-electron chi connectivity index (χ1n) is 8.70. The van der Waals surface area contributed by atoms with Crippen molar-refractivity contribution in [2.45, 2.75) is 73.0 Å². The lowest BCUT2D eigenvalue weighted by atomic mass is 9.99. The Labute approximate surface area is 146 Å². The highest BCUT2D eigenvalue weighted by atomic mass is 16.6. The van der Waals surface area contributed by atoms with Crippen LogP contribution in [0.15, 0.2) is 0 Å². The van der Waals surface area contributed by atoms with Gasteiger partial charge in [-0.15, -0.1) is 0 Å². The van der Waals surface area contributed by atoms with Gasteiger partial charge in [0, 0.05) is 20.0 Å². The van der Waals surface area contributed by atoms with Crippen molar-refractivity contribution >= 4 is 17.8 Å². The van der Waals surface area contributed by atoms with Gasteiger partial charge in [0.15, 0.2) is 0 Å². The number of amides is 2. The quantitative estimate of drug-likeness (QED) is 0.687. The summed E-state index contributed by atoms with van der Waals surface area (Å²) in [5.74, 6) is -1.33. The molecule has 0 aliphatic carbocycles. The van der Waals surface area contributed by atoms with E-state index in [9.17, 15) is 14.4 Å². The highest BCUT2D eigenvalue weighted by Gasteiger charge is 2.30. The molecule has 140 valence electrons. The molecule has 1 N–H and O–H groups in total. The fourth-order valence-electron chi connectivity index (χ4n) is 2.14. The molecule has 0 aliphatic rings. The van der Waals surface area contributed by atoms with Gasteiger partial charge in [-0.3, -0.25) is 14.4 Å². The number of nitrogens with one attached hydrogen (secondary N) is 1. The van der Waals surface area contributed by atoms with Gasteiger partial charge in [-0.1, -0.05) is 20.8 Å². The molecule has 2 atom stereocenters. The van der Waals surface area contributed by atoms with E-state index in [2.05, 4.69) is 5.32 Å². The summed E-state index contributed by atoms with van der Waals surface area (Å²) in [5.41, 5.74) is -0.582. The zero-order valence-corrected chi connectivity index (χ0v) is 16.4. The summed E-state index contributed by atoms with van der Waals surface area (Å²) in [6.07, 6.45) is 0.537. The molecule has 0 aliphatic heterocycles. The fraction of sp³-hybridized carbons (Fsp3) is 0.833. The van der Waals surface area contributed by atoms with Gasteiger partial charge >= 0.3 is 5.97 Å². The number of carbonyl (C=O) groups is 3. The second-order valence-corrected chi connectivity index (χ2v) is 7.48. The van der Waals surface area contributed by atoms with Crippen LogP contribution in [0.1, 0.15) is 61.3 Å². The van der Waals surface area contributed by atoms with Gasteiger partial charge in [0.25, 0.3) is 0 Å². The smallest absolute Gasteiger partial charge is 0.309 e. The molecule has 0 bridgehead atoms. The van der Waals surface area contributed by atoms with Crippen LogP contribution in [0.4, 0.5) is 0 Å². The highest BCUT2D eigenvalue weighted by Crippen LogP contribution is 2.17. The van der Waals surface area contributed by atoms with Gasteiger partial charge in [-0.25, -0.2) is 0 Å². The lowest BCUT2D eigenvalue weighted by Crippen LogP contribution is -2.50. The minimum Gasteiger partial charge on any atom is -0.460 e. The van der Waals surface area contributed by atoms with Crippen LogP contribution >= 0.6 is 0 Å². The first-order chi connectivity index (χ1) is 10.9. The summed E-state index contributed by atoms with van der Waals surface area (Å²) in [6.45, 7) is 13.5. The van der Waals surface area contributed by atoms with E-state index in [1.165, 1.54) is 0 Å². The maximum absolute atomic E-state index is 12.3. The molecular formula is C18H34N2O4. The number of esters is 1. The van der Waals surface area contributed by atoms with Crippen LogP contribution < -0.4 is 5.32 Å². The van der Waals surface area contributed by atoms with Crippen molar-refractivity contribution in [3.05, 3.63) is 0 Å². The molecule has 6 nitrogen and oxygen atoms in total. The van der Waals surface area contributed by atoms with Crippen LogP contribution in [0, 0.1) is 11.8 Å². The molecule has 0 radical (unpaired) electrons. The van der Waals surface area contributed by atoms with E-state index in [-0.39, 0.29) is 30.1 Å². The summed E-state index contributed by atoms with van der Waals surface area (Å²) >= 11 is 0. The van der Waals surface area contributed by atoms with Gasteiger partial charge in [-0.05, 0) is 40.0 Å². The number of hydrogen-bond acceptors (Lipinski definition) is 4. The number of likely N-dealkylation sites (N-methyl/N-ethyl adjacent to an activating group) is 1. The van der Waals surface area contributed by atoms with Crippen molar-refractivity contribution in [1.29, 1.82) is 0 Å². The van der Waals surface area contributed by atoms with Crippen LogP contribution in [0.3, 0.4) is 0 Å². The van der Waals surface area contributed by atoms with Gasteiger partial charge < -0.3 is 15.0 Å². The minimum atomic E-state index is -0.585. The number of carbonyl (C=O) groups excluding carboxylic acids is 3. The Bertz CT molecular complexity index is 441. The number of nitrogens with zero attached hydrogens (tertiary/aromatic N) is 1. The molecule has 0 rings (SSSR count). The van der Waals surface area contributed by atoms with Crippen LogP contribution in [0.5, 0.6) is 0 Å². The Balaban J connectivity index is 4.88.